The van der Waals surface area contributed by atoms with Crippen LogP contribution in [0, 0.1) is 6.92 Å². The van der Waals surface area contributed by atoms with E-state index in [9.17, 15) is 9.59 Å². The van der Waals surface area contributed by atoms with E-state index in [2.05, 4.69) is 15.5 Å². The first-order valence-electron chi connectivity index (χ1n) is 8.77. The number of benzene rings is 2. The van der Waals surface area contributed by atoms with Gasteiger partial charge in [-0.05, 0) is 42.8 Å². The molecule has 0 aliphatic rings. The molecule has 0 aliphatic heterocycles. The van der Waals surface area contributed by atoms with Crippen molar-refractivity contribution in [3.05, 3.63) is 64.5 Å². The number of nitrogens with one attached hydrogen (secondary N) is 1. The van der Waals surface area contributed by atoms with Crippen molar-refractivity contribution < 1.29 is 23.5 Å². The monoisotopic (exact) mass is 447 g/mol. The van der Waals surface area contributed by atoms with Gasteiger partial charge in [-0.1, -0.05) is 35.5 Å². The molecule has 0 bridgehead atoms. The van der Waals surface area contributed by atoms with Crippen LogP contribution in [-0.4, -0.2) is 34.9 Å². The van der Waals surface area contributed by atoms with Crippen LogP contribution in [0.1, 0.15) is 21.8 Å². The molecule has 0 aliphatic carbocycles. The van der Waals surface area contributed by atoms with Gasteiger partial charge in [0.1, 0.15) is 5.75 Å². The van der Waals surface area contributed by atoms with Gasteiger partial charge >= 0.3 is 5.97 Å². The summed E-state index contributed by atoms with van der Waals surface area (Å²) in [6.07, 6.45) is 0. The van der Waals surface area contributed by atoms with Crippen molar-refractivity contribution >= 4 is 40.9 Å². The van der Waals surface area contributed by atoms with Gasteiger partial charge in [0.2, 0.25) is 5.91 Å². The third-order valence-corrected chi connectivity index (χ3v) is 4.92. The van der Waals surface area contributed by atoms with Gasteiger partial charge in [-0.3, -0.25) is 4.79 Å². The fraction of sp³-hybridized carbons (Fsp3) is 0.200. The molecule has 156 valence electrons. The minimum absolute atomic E-state index is 0.0221. The predicted molar refractivity (Wildman–Crippen MR) is 112 cm³/mol. The first-order chi connectivity index (χ1) is 14.5. The smallest absolute Gasteiger partial charge is 0.339 e. The molecule has 10 heteroatoms. The zero-order valence-electron chi connectivity index (χ0n) is 16.2. The number of anilines is 1. The maximum atomic E-state index is 12.2. The van der Waals surface area contributed by atoms with E-state index < -0.39 is 5.97 Å². The predicted octanol–water partition coefficient (Wildman–Crippen LogP) is 4.13. The molecule has 8 nitrogen and oxygen atoms in total. The van der Waals surface area contributed by atoms with Crippen molar-refractivity contribution in [1.29, 1.82) is 0 Å². The van der Waals surface area contributed by atoms with Crippen LogP contribution in [0.2, 0.25) is 5.02 Å². The Morgan fingerprint density at radius 2 is 2.00 bits per heavy atom. The van der Waals surface area contributed by atoms with Gasteiger partial charge < -0.3 is 19.2 Å². The van der Waals surface area contributed by atoms with Crippen molar-refractivity contribution in [3.8, 4) is 5.75 Å². The van der Waals surface area contributed by atoms with Gasteiger partial charge in [-0.25, -0.2) is 4.79 Å². The van der Waals surface area contributed by atoms with Crippen molar-refractivity contribution in [3.63, 3.8) is 0 Å². The number of aromatic nitrogens is 2. The Morgan fingerprint density at radius 3 is 2.77 bits per heavy atom. The number of hydrogen-bond acceptors (Lipinski definition) is 8. The molecule has 0 saturated carbocycles. The lowest BCUT2D eigenvalue weighted by molar-refractivity contribution is -0.113. The number of carbonyl (C=O) groups is 2. The summed E-state index contributed by atoms with van der Waals surface area (Å²) in [5, 5.41) is 11.3. The minimum Gasteiger partial charge on any atom is -0.484 e. The first kappa shape index (κ1) is 21.7. The second-order valence-electron chi connectivity index (χ2n) is 6.03. The molecule has 0 fully saturated rings. The fourth-order valence-electron chi connectivity index (χ4n) is 2.46. The lowest BCUT2D eigenvalue weighted by Gasteiger charge is -2.08. The van der Waals surface area contributed by atoms with Crippen LogP contribution in [0.3, 0.4) is 0 Å². The van der Waals surface area contributed by atoms with E-state index in [0.29, 0.717) is 16.5 Å². The Balaban J connectivity index is 1.52. The lowest BCUT2D eigenvalue weighted by Crippen LogP contribution is -2.17. The van der Waals surface area contributed by atoms with Gasteiger partial charge in [0, 0.05) is 5.02 Å². The van der Waals surface area contributed by atoms with Crippen LogP contribution in [0.15, 0.2) is 52.1 Å². The van der Waals surface area contributed by atoms with Crippen molar-refractivity contribution in [2.75, 3.05) is 18.2 Å². The maximum absolute atomic E-state index is 12.2. The molecule has 0 atom stereocenters. The number of nitrogens with zero attached hydrogens (tertiary/aromatic N) is 2. The fourth-order valence-corrected chi connectivity index (χ4v) is 3.27. The standard InChI is InChI=1S/C20H18ClN3O5S/c1-12-9-13(21)7-8-16(12)28-10-18-23-24-20(29-18)30-11-17(25)22-15-6-4-3-5-14(15)19(26)27-2/h3-9H,10-11H2,1-2H3,(H,22,25). The van der Waals surface area contributed by atoms with E-state index in [4.69, 9.17) is 25.5 Å². The molecular formula is C20H18ClN3O5S. The summed E-state index contributed by atoms with van der Waals surface area (Å²) in [6, 6.07) is 11.9. The van der Waals surface area contributed by atoms with Crippen LogP contribution < -0.4 is 10.1 Å². The highest BCUT2D eigenvalue weighted by atomic mass is 35.5. The van der Waals surface area contributed by atoms with Crippen molar-refractivity contribution in [1.82, 2.24) is 10.2 Å². The Bertz CT molecular complexity index is 1060. The Morgan fingerprint density at radius 1 is 1.20 bits per heavy atom. The summed E-state index contributed by atoms with van der Waals surface area (Å²) < 4.78 is 15.9. The average Bonchev–Trinajstić information content (AvgIpc) is 3.19. The number of methoxy groups -OCH3 is 1. The normalized spacial score (nSPS) is 10.5. The van der Waals surface area contributed by atoms with Crippen LogP contribution in [0.5, 0.6) is 5.75 Å². The molecule has 1 N–H and O–H groups in total. The highest BCUT2D eigenvalue weighted by Crippen LogP contribution is 2.23. The van der Waals surface area contributed by atoms with Gasteiger partial charge in [0.05, 0.1) is 24.1 Å². The van der Waals surface area contributed by atoms with Gasteiger partial charge in [-0.2, -0.15) is 0 Å². The Hall–Kier alpha value is -3.04. The number of carbonyl (C=O) groups excluding carboxylic acids is 2. The third kappa shape index (κ3) is 5.74. The summed E-state index contributed by atoms with van der Waals surface area (Å²) in [4.78, 5) is 24.0. The second-order valence-corrected chi connectivity index (χ2v) is 7.40. The number of halogens is 1. The lowest BCUT2D eigenvalue weighted by atomic mass is 10.2. The molecule has 1 amide bonds. The molecule has 0 spiro atoms. The quantitative estimate of drug-likeness (QED) is 0.406. The molecule has 0 radical (unpaired) electrons. The Kier molecular flexibility index (Phi) is 7.31. The molecule has 1 heterocycles. The number of thioether (sulfide) groups is 1. The topological polar surface area (TPSA) is 104 Å². The van der Waals surface area contributed by atoms with E-state index in [1.54, 1.807) is 42.5 Å². The number of rotatable bonds is 8. The van der Waals surface area contributed by atoms with E-state index in [-0.39, 0.29) is 34.9 Å². The molecule has 30 heavy (non-hydrogen) atoms. The van der Waals surface area contributed by atoms with E-state index in [1.165, 1.54) is 7.11 Å². The molecular weight excluding hydrogens is 430 g/mol. The van der Waals surface area contributed by atoms with Crippen LogP contribution in [-0.2, 0) is 16.1 Å². The zero-order chi connectivity index (χ0) is 21.5. The largest absolute Gasteiger partial charge is 0.484 e. The molecule has 1 aromatic heterocycles. The van der Waals surface area contributed by atoms with Crippen molar-refractivity contribution in [2.24, 2.45) is 0 Å². The number of hydrogen-bond donors (Lipinski definition) is 1. The van der Waals surface area contributed by atoms with E-state index in [0.717, 1.165) is 17.3 Å². The minimum atomic E-state index is -0.531. The van der Waals surface area contributed by atoms with E-state index >= 15 is 0 Å². The summed E-state index contributed by atoms with van der Waals surface area (Å²) in [6.45, 7) is 1.97. The summed E-state index contributed by atoms with van der Waals surface area (Å²) in [7, 11) is 1.28. The van der Waals surface area contributed by atoms with Gasteiger partial charge in [0.15, 0.2) is 6.61 Å². The number of aryl methyl sites for hydroxylation is 1. The zero-order valence-corrected chi connectivity index (χ0v) is 17.7. The molecule has 2 aromatic carbocycles. The highest BCUT2D eigenvalue weighted by molar-refractivity contribution is 7.99. The Labute approximate surface area is 181 Å². The summed E-state index contributed by atoms with van der Waals surface area (Å²) in [5.41, 5.74) is 1.53. The number of amides is 1. The maximum Gasteiger partial charge on any atom is 0.339 e. The third-order valence-electron chi connectivity index (χ3n) is 3.87. The average molecular weight is 448 g/mol. The molecule has 0 saturated heterocycles. The van der Waals surface area contributed by atoms with Gasteiger partial charge in [-0.15, -0.1) is 10.2 Å². The van der Waals surface area contributed by atoms with Crippen LogP contribution in [0.4, 0.5) is 5.69 Å². The summed E-state index contributed by atoms with van der Waals surface area (Å²) in [5.74, 6) is 0.104. The number of esters is 1. The molecule has 3 aromatic rings. The summed E-state index contributed by atoms with van der Waals surface area (Å²) >= 11 is 7.00. The first-order valence-corrected chi connectivity index (χ1v) is 10.1. The van der Waals surface area contributed by atoms with E-state index in [1.807, 2.05) is 6.92 Å². The van der Waals surface area contributed by atoms with Crippen LogP contribution in [0.25, 0.3) is 0 Å². The molecule has 0 unspecified atom stereocenters. The number of para-hydroxylation sites is 1. The number of ether oxygens (including phenoxy) is 2. The van der Waals surface area contributed by atoms with Gasteiger partial charge in [0.25, 0.3) is 11.1 Å². The SMILES string of the molecule is COC(=O)c1ccccc1NC(=O)CSc1nnc(COc2ccc(Cl)cc2C)o1. The van der Waals surface area contributed by atoms with Crippen LogP contribution >= 0.6 is 23.4 Å². The van der Waals surface area contributed by atoms with Crippen molar-refractivity contribution in [2.45, 2.75) is 18.8 Å². The highest BCUT2D eigenvalue weighted by Gasteiger charge is 2.15. The molecule has 3 rings (SSSR count). The second kappa shape index (κ2) is 10.1.